The van der Waals surface area contributed by atoms with Gasteiger partial charge in [0.1, 0.15) is 5.75 Å². The van der Waals surface area contributed by atoms with Crippen LogP contribution in [0.3, 0.4) is 0 Å². The van der Waals surface area contributed by atoms with Crippen molar-refractivity contribution in [1.82, 2.24) is 4.98 Å². The normalized spacial score (nSPS) is 12.0. The average molecular weight is 325 g/mol. The van der Waals surface area contributed by atoms with Crippen LogP contribution in [0, 0.1) is 5.92 Å². The fraction of sp³-hybridized carbons (Fsp3) is 0.333. The van der Waals surface area contributed by atoms with Crippen LogP contribution >= 0.6 is 22.9 Å². The van der Waals surface area contributed by atoms with Gasteiger partial charge in [-0.1, -0.05) is 19.1 Å². The fourth-order valence-electron chi connectivity index (χ4n) is 1.69. The number of ether oxygens (including phenoxy) is 1. The van der Waals surface area contributed by atoms with E-state index in [4.69, 9.17) is 16.3 Å². The highest BCUT2D eigenvalue weighted by molar-refractivity contribution is 7.15. The summed E-state index contributed by atoms with van der Waals surface area (Å²) >= 11 is 7.14. The SMILES string of the molecule is COc1ccc(Cc2cnc(NC(=O)C(C)CCl)s2)cc1. The molecule has 1 aromatic carbocycles. The van der Waals surface area contributed by atoms with Gasteiger partial charge in [-0.25, -0.2) is 4.98 Å². The minimum absolute atomic E-state index is 0.102. The van der Waals surface area contributed by atoms with Crippen LogP contribution in [-0.2, 0) is 11.2 Å². The van der Waals surface area contributed by atoms with Gasteiger partial charge in [0, 0.05) is 29.3 Å². The summed E-state index contributed by atoms with van der Waals surface area (Å²) in [4.78, 5) is 17.1. The van der Waals surface area contributed by atoms with Crippen molar-refractivity contribution < 1.29 is 9.53 Å². The number of benzene rings is 1. The van der Waals surface area contributed by atoms with Crippen LogP contribution in [0.5, 0.6) is 5.75 Å². The highest BCUT2D eigenvalue weighted by Gasteiger charge is 2.13. The van der Waals surface area contributed by atoms with Crippen molar-refractivity contribution in [3.05, 3.63) is 40.9 Å². The molecule has 0 saturated carbocycles. The van der Waals surface area contributed by atoms with E-state index in [2.05, 4.69) is 10.3 Å². The highest BCUT2D eigenvalue weighted by Crippen LogP contribution is 2.22. The second-order valence-corrected chi connectivity index (χ2v) is 6.12. The van der Waals surface area contributed by atoms with Crippen molar-refractivity contribution in [2.24, 2.45) is 5.92 Å². The van der Waals surface area contributed by atoms with E-state index in [-0.39, 0.29) is 11.8 Å². The number of amides is 1. The first kappa shape index (κ1) is 15.8. The summed E-state index contributed by atoms with van der Waals surface area (Å²) < 4.78 is 5.13. The molecule has 1 unspecified atom stereocenters. The number of hydrogen-bond donors (Lipinski definition) is 1. The molecule has 0 radical (unpaired) electrons. The van der Waals surface area contributed by atoms with Gasteiger partial charge in [-0.15, -0.1) is 22.9 Å². The van der Waals surface area contributed by atoms with Crippen LogP contribution in [0.25, 0.3) is 0 Å². The predicted molar refractivity (Wildman–Crippen MR) is 86.4 cm³/mol. The molecular weight excluding hydrogens is 308 g/mol. The Morgan fingerprint density at radius 3 is 2.76 bits per heavy atom. The van der Waals surface area contributed by atoms with Gasteiger partial charge < -0.3 is 10.1 Å². The highest BCUT2D eigenvalue weighted by atomic mass is 35.5. The lowest BCUT2D eigenvalue weighted by Crippen LogP contribution is -2.21. The molecule has 0 fully saturated rings. The summed E-state index contributed by atoms with van der Waals surface area (Å²) in [6.45, 7) is 1.79. The summed E-state index contributed by atoms with van der Waals surface area (Å²) in [5.74, 6) is 0.817. The average Bonchev–Trinajstić information content (AvgIpc) is 2.94. The Morgan fingerprint density at radius 1 is 1.43 bits per heavy atom. The number of nitrogens with one attached hydrogen (secondary N) is 1. The molecule has 0 spiro atoms. The Morgan fingerprint density at radius 2 is 2.14 bits per heavy atom. The Kier molecular flexibility index (Phi) is 5.59. The molecule has 2 rings (SSSR count). The number of carbonyl (C=O) groups excluding carboxylic acids is 1. The van der Waals surface area contributed by atoms with Gasteiger partial charge in [-0.2, -0.15) is 0 Å². The summed E-state index contributed by atoms with van der Waals surface area (Å²) in [7, 11) is 1.65. The monoisotopic (exact) mass is 324 g/mol. The van der Waals surface area contributed by atoms with E-state index >= 15 is 0 Å². The maximum atomic E-state index is 11.7. The molecule has 0 aliphatic heterocycles. The summed E-state index contributed by atoms with van der Waals surface area (Å²) in [6.07, 6.45) is 2.57. The Labute approximate surface area is 133 Å². The third kappa shape index (κ3) is 4.44. The second kappa shape index (κ2) is 7.43. The number of thiazole rings is 1. The fourth-order valence-corrected chi connectivity index (χ4v) is 2.68. The van der Waals surface area contributed by atoms with Crippen molar-refractivity contribution in [3.8, 4) is 5.75 Å². The minimum atomic E-state index is -0.222. The van der Waals surface area contributed by atoms with E-state index in [0.717, 1.165) is 17.0 Å². The van der Waals surface area contributed by atoms with Crippen LogP contribution in [-0.4, -0.2) is 23.9 Å². The number of halogens is 1. The van der Waals surface area contributed by atoms with Crippen LogP contribution < -0.4 is 10.1 Å². The van der Waals surface area contributed by atoms with Crippen molar-refractivity contribution in [2.75, 3.05) is 18.3 Å². The standard InChI is InChI=1S/C15H17ClN2O2S/c1-10(8-16)14(19)18-15-17-9-13(21-15)7-11-3-5-12(20-2)6-4-11/h3-6,9-10H,7-8H2,1-2H3,(H,17,18,19). The molecule has 1 atom stereocenters. The summed E-state index contributed by atoms with van der Waals surface area (Å²) in [6, 6.07) is 7.90. The lowest BCUT2D eigenvalue weighted by molar-refractivity contribution is -0.118. The van der Waals surface area contributed by atoms with Gasteiger partial charge in [0.05, 0.1) is 7.11 Å². The molecule has 112 valence electrons. The smallest absolute Gasteiger partial charge is 0.230 e. The van der Waals surface area contributed by atoms with E-state index in [1.54, 1.807) is 20.2 Å². The number of nitrogens with zero attached hydrogens (tertiary/aromatic N) is 1. The zero-order valence-corrected chi connectivity index (χ0v) is 13.5. The van der Waals surface area contributed by atoms with Gasteiger partial charge in [0.15, 0.2) is 5.13 Å². The van der Waals surface area contributed by atoms with Gasteiger partial charge in [0.2, 0.25) is 5.91 Å². The molecule has 6 heteroatoms. The van der Waals surface area contributed by atoms with Crippen molar-refractivity contribution >= 4 is 34.0 Å². The molecule has 1 aromatic heterocycles. The van der Waals surface area contributed by atoms with Gasteiger partial charge in [-0.3, -0.25) is 4.79 Å². The van der Waals surface area contributed by atoms with E-state index in [1.165, 1.54) is 16.9 Å². The Bertz CT molecular complexity index is 598. The molecule has 0 aliphatic carbocycles. The number of aromatic nitrogens is 1. The first-order chi connectivity index (χ1) is 10.1. The molecule has 0 bridgehead atoms. The van der Waals surface area contributed by atoms with Gasteiger partial charge >= 0.3 is 0 Å². The molecule has 1 amide bonds. The Hall–Kier alpha value is -1.59. The lowest BCUT2D eigenvalue weighted by atomic mass is 10.1. The molecular formula is C15H17ClN2O2S. The molecule has 21 heavy (non-hydrogen) atoms. The number of rotatable bonds is 6. The zero-order valence-electron chi connectivity index (χ0n) is 11.9. The molecule has 1 heterocycles. The molecule has 0 saturated heterocycles. The van der Waals surface area contributed by atoms with Crippen LogP contribution in [0.4, 0.5) is 5.13 Å². The molecule has 4 nitrogen and oxygen atoms in total. The molecule has 0 aliphatic rings. The van der Waals surface area contributed by atoms with E-state index in [9.17, 15) is 4.79 Å². The number of alkyl halides is 1. The molecule has 1 N–H and O–H groups in total. The molecule has 2 aromatic rings. The van der Waals surface area contributed by atoms with E-state index in [0.29, 0.717) is 11.0 Å². The first-order valence-electron chi connectivity index (χ1n) is 6.57. The van der Waals surface area contributed by atoms with Crippen molar-refractivity contribution in [3.63, 3.8) is 0 Å². The lowest BCUT2D eigenvalue weighted by Gasteiger charge is -2.05. The third-order valence-electron chi connectivity index (χ3n) is 3.00. The largest absolute Gasteiger partial charge is 0.497 e. The van der Waals surface area contributed by atoms with E-state index < -0.39 is 0 Å². The number of anilines is 1. The van der Waals surface area contributed by atoms with Crippen molar-refractivity contribution in [2.45, 2.75) is 13.3 Å². The van der Waals surface area contributed by atoms with Crippen molar-refractivity contribution in [1.29, 1.82) is 0 Å². The van der Waals surface area contributed by atoms with Gasteiger partial charge in [0.25, 0.3) is 0 Å². The third-order valence-corrected chi connectivity index (χ3v) is 4.38. The van der Waals surface area contributed by atoms with Crippen LogP contribution in [0.15, 0.2) is 30.5 Å². The van der Waals surface area contributed by atoms with Crippen LogP contribution in [0.1, 0.15) is 17.4 Å². The summed E-state index contributed by atoms with van der Waals surface area (Å²) in [5.41, 5.74) is 1.17. The summed E-state index contributed by atoms with van der Waals surface area (Å²) in [5, 5.41) is 3.39. The van der Waals surface area contributed by atoms with Gasteiger partial charge in [-0.05, 0) is 17.7 Å². The number of methoxy groups -OCH3 is 1. The number of hydrogen-bond acceptors (Lipinski definition) is 4. The maximum Gasteiger partial charge on any atom is 0.230 e. The van der Waals surface area contributed by atoms with E-state index in [1.807, 2.05) is 24.3 Å². The minimum Gasteiger partial charge on any atom is -0.497 e. The number of carbonyl (C=O) groups is 1. The maximum absolute atomic E-state index is 11.7. The predicted octanol–water partition coefficient (Wildman–Crippen LogP) is 3.56. The zero-order chi connectivity index (χ0) is 15.2. The second-order valence-electron chi connectivity index (χ2n) is 4.70. The quantitative estimate of drug-likeness (QED) is 0.827. The topological polar surface area (TPSA) is 51.2 Å². The van der Waals surface area contributed by atoms with Crippen LogP contribution in [0.2, 0.25) is 0 Å². The Balaban J connectivity index is 1.97. The first-order valence-corrected chi connectivity index (χ1v) is 7.92.